The van der Waals surface area contributed by atoms with E-state index in [1.54, 1.807) is 42.4 Å². The van der Waals surface area contributed by atoms with Crippen molar-refractivity contribution in [3.05, 3.63) is 71.8 Å². The minimum absolute atomic E-state index is 0.0801. The maximum atomic E-state index is 13.2. The zero-order chi connectivity index (χ0) is 22.7. The quantitative estimate of drug-likeness (QED) is 0.577. The average molecular weight is 436 g/mol. The minimum Gasteiger partial charge on any atom is -0.339 e. The van der Waals surface area contributed by atoms with Crippen molar-refractivity contribution in [3.8, 4) is 0 Å². The van der Waals surface area contributed by atoms with Crippen molar-refractivity contribution in [2.45, 2.75) is 31.8 Å². The van der Waals surface area contributed by atoms with Gasteiger partial charge in [0.2, 0.25) is 5.91 Å². The molecule has 2 aliphatic rings. The number of pyridine rings is 1. The molecule has 2 aliphatic heterocycles. The lowest BCUT2D eigenvalue weighted by atomic mass is 9.79. The largest absolute Gasteiger partial charge is 0.339 e. The van der Waals surface area contributed by atoms with Gasteiger partial charge in [0.05, 0.1) is 6.54 Å². The fourth-order valence-electron chi connectivity index (χ4n) is 4.33. The number of halogens is 1. The van der Waals surface area contributed by atoms with Crippen LogP contribution in [0.5, 0.6) is 0 Å². The standard InChI is InChI=1S/C24H25FN4O3/c1-24(22(31)29(23(32)27-24)16-18-4-7-20(25)8-5-18)19-10-13-28(14-11-19)21(30)9-6-17-3-2-12-26-15-17/h2-9,12,15,19H,10-11,13-14,16H2,1H3,(H,27,32)/b9-6+. The van der Waals surface area contributed by atoms with Crippen LogP contribution in [0.4, 0.5) is 9.18 Å². The number of piperidine rings is 1. The van der Waals surface area contributed by atoms with Crippen LogP contribution in [0, 0.1) is 11.7 Å². The Bertz CT molecular complexity index is 1030. The second-order valence-corrected chi connectivity index (χ2v) is 8.37. The Morgan fingerprint density at radius 3 is 2.59 bits per heavy atom. The van der Waals surface area contributed by atoms with Gasteiger partial charge in [-0.15, -0.1) is 0 Å². The number of nitrogens with zero attached hydrogens (tertiary/aromatic N) is 3. The first-order valence-corrected chi connectivity index (χ1v) is 10.6. The Morgan fingerprint density at radius 2 is 1.94 bits per heavy atom. The number of imide groups is 1. The third kappa shape index (κ3) is 4.39. The molecule has 2 aromatic rings. The summed E-state index contributed by atoms with van der Waals surface area (Å²) in [5, 5.41) is 2.86. The summed E-state index contributed by atoms with van der Waals surface area (Å²) in [4.78, 5) is 45.2. The zero-order valence-corrected chi connectivity index (χ0v) is 17.8. The highest BCUT2D eigenvalue weighted by Gasteiger charge is 2.52. The molecule has 0 spiro atoms. The fraction of sp³-hybridized carbons (Fsp3) is 0.333. The second kappa shape index (κ2) is 8.90. The molecule has 1 aromatic heterocycles. The first-order valence-electron chi connectivity index (χ1n) is 10.6. The summed E-state index contributed by atoms with van der Waals surface area (Å²) in [5.74, 6) is -0.818. The third-order valence-electron chi connectivity index (χ3n) is 6.28. The maximum absolute atomic E-state index is 13.2. The lowest BCUT2D eigenvalue weighted by molar-refractivity contribution is -0.134. The van der Waals surface area contributed by atoms with Gasteiger partial charge in [0.15, 0.2) is 0 Å². The topological polar surface area (TPSA) is 82.6 Å². The molecular weight excluding hydrogens is 411 g/mol. The third-order valence-corrected chi connectivity index (χ3v) is 6.28. The summed E-state index contributed by atoms with van der Waals surface area (Å²) in [7, 11) is 0. The van der Waals surface area contributed by atoms with Gasteiger partial charge in [-0.3, -0.25) is 19.5 Å². The molecule has 1 N–H and O–H groups in total. The molecule has 0 bridgehead atoms. The smallest absolute Gasteiger partial charge is 0.325 e. The van der Waals surface area contributed by atoms with Crippen LogP contribution in [0.25, 0.3) is 6.08 Å². The average Bonchev–Trinajstić information content (AvgIpc) is 3.03. The highest BCUT2D eigenvalue weighted by molar-refractivity contribution is 6.07. The van der Waals surface area contributed by atoms with E-state index in [9.17, 15) is 18.8 Å². The number of hydrogen-bond acceptors (Lipinski definition) is 4. The molecule has 4 amide bonds. The molecule has 8 heteroatoms. The van der Waals surface area contributed by atoms with E-state index in [2.05, 4.69) is 10.3 Å². The second-order valence-electron chi connectivity index (χ2n) is 8.37. The first kappa shape index (κ1) is 21.7. The lowest BCUT2D eigenvalue weighted by Gasteiger charge is -2.38. The Balaban J connectivity index is 1.36. The van der Waals surface area contributed by atoms with E-state index in [0.29, 0.717) is 31.5 Å². The number of urea groups is 1. The monoisotopic (exact) mass is 436 g/mol. The van der Waals surface area contributed by atoms with E-state index in [0.717, 1.165) is 5.56 Å². The van der Waals surface area contributed by atoms with E-state index in [-0.39, 0.29) is 30.1 Å². The Kier molecular flexibility index (Phi) is 6.03. The highest BCUT2D eigenvalue weighted by Crippen LogP contribution is 2.34. The van der Waals surface area contributed by atoms with Crippen molar-refractivity contribution < 1.29 is 18.8 Å². The Hall–Kier alpha value is -3.55. The van der Waals surface area contributed by atoms with Gasteiger partial charge < -0.3 is 10.2 Å². The summed E-state index contributed by atoms with van der Waals surface area (Å²) in [6.45, 7) is 2.87. The molecule has 1 aromatic carbocycles. The summed E-state index contributed by atoms with van der Waals surface area (Å²) >= 11 is 0. The van der Waals surface area contributed by atoms with Crippen molar-refractivity contribution in [1.29, 1.82) is 0 Å². The Labute approximate surface area is 185 Å². The number of carbonyl (C=O) groups excluding carboxylic acids is 3. The molecule has 1 unspecified atom stereocenters. The number of nitrogens with one attached hydrogen (secondary N) is 1. The van der Waals surface area contributed by atoms with E-state index in [4.69, 9.17) is 0 Å². The minimum atomic E-state index is -1.02. The van der Waals surface area contributed by atoms with Crippen LogP contribution in [0.1, 0.15) is 30.9 Å². The van der Waals surface area contributed by atoms with Gasteiger partial charge >= 0.3 is 6.03 Å². The number of benzene rings is 1. The molecule has 0 saturated carbocycles. The zero-order valence-electron chi connectivity index (χ0n) is 17.8. The van der Waals surface area contributed by atoms with Gasteiger partial charge in [-0.25, -0.2) is 9.18 Å². The van der Waals surface area contributed by atoms with Gasteiger partial charge in [0.1, 0.15) is 11.4 Å². The van der Waals surface area contributed by atoms with E-state index in [1.165, 1.54) is 23.1 Å². The molecule has 0 radical (unpaired) electrons. The molecule has 3 heterocycles. The van der Waals surface area contributed by atoms with Crippen LogP contribution in [0.2, 0.25) is 0 Å². The molecule has 7 nitrogen and oxygen atoms in total. The predicted octanol–water partition coefficient (Wildman–Crippen LogP) is 2.98. The SMILES string of the molecule is CC1(C2CCN(C(=O)/C=C/c3cccnc3)CC2)NC(=O)N(Cc2ccc(F)cc2)C1=O. The maximum Gasteiger partial charge on any atom is 0.325 e. The molecular formula is C24H25FN4O3. The summed E-state index contributed by atoms with van der Waals surface area (Å²) in [6, 6.07) is 8.98. The van der Waals surface area contributed by atoms with Crippen molar-refractivity contribution in [3.63, 3.8) is 0 Å². The van der Waals surface area contributed by atoms with Crippen LogP contribution in [0.3, 0.4) is 0 Å². The number of carbonyl (C=O) groups is 3. The number of hydrogen-bond donors (Lipinski definition) is 1. The van der Waals surface area contributed by atoms with Crippen LogP contribution in [-0.2, 0) is 16.1 Å². The molecule has 2 saturated heterocycles. The van der Waals surface area contributed by atoms with Crippen molar-refractivity contribution >= 4 is 23.9 Å². The number of likely N-dealkylation sites (tertiary alicyclic amines) is 1. The summed E-state index contributed by atoms with van der Waals surface area (Å²) in [6.07, 6.45) is 7.85. The van der Waals surface area contributed by atoms with Crippen molar-refractivity contribution in [2.75, 3.05) is 13.1 Å². The van der Waals surface area contributed by atoms with E-state index < -0.39 is 11.6 Å². The van der Waals surface area contributed by atoms with Gasteiger partial charge in [0.25, 0.3) is 5.91 Å². The fourth-order valence-corrected chi connectivity index (χ4v) is 4.33. The molecule has 2 fully saturated rings. The molecule has 166 valence electrons. The van der Waals surface area contributed by atoms with Crippen LogP contribution in [-0.4, -0.2) is 51.3 Å². The summed E-state index contributed by atoms with van der Waals surface area (Å²) < 4.78 is 13.1. The number of rotatable bonds is 5. The molecule has 0 aliphatic carbocycles. The molecule has 4 rings (SSSR count). The van der Waals surface area contributed by atoms with E-state index in [1.807, 2.05) is 12.1 Å². The van der Waals surface area contributed by atoms with Crippen molar-refractivity contribution in [2.24, 2.45) is 5.92 Å². The number of aromatic nitrogens is 1. The van der Waals surface area contributed by atoms with Gasteiger partial charge in [0, 0.05) is 31.6 Å². The number of amides is 4. The predicted molar refractivity (Wildman–Crippen MR) is 116 cm³/mol. The first-order chi connectivity index (χ1) is 15.4. The molecule has 1 atom stereocenters. The van der Waals surface area contributed by atoms with Crippen LogP contribution < -0.4 is 5.32 Å². The van der Waals surface area contributed by atoms with Crippen molar-refractivity contribution in [1.82, 2.24) is 20.1 Å². The normalized spacial score (nSPS) is 21.9. The van der Waals surface area contributed by atoms with E-state index >= 15 is 0 Å². The van der Waals surface area contributed by atoms with Gasteiger partial charge in [-0.2, -0.15) is 0 Å². The van der Waals surface area contributed by atoms with Gasteiger partial charge in [-0.05, 0) is 61.1 Å². The Morgan fingerprint density at radius 1 is 1.22 bits per heavy atom. The summed E-state index contributed by atoms with van der Waals surface area (Å²) in [5.41, 5.74) is 0.515. The van der Waals surface area contributed by atoms with Crippen LogP contribution in [0.15, 0.2) is 54.9 Å². The van der Waals surface area contributed by atoms with Crippen LogP contribution >= 0.6 is 0 Å². The lowest BCUT2D eigenvalue weighted by Crippen LogP contribution is -2.54. The molecule has 32 heavy (non-hydrogen) atoms. The highest BCUT2D eigenvalue weighted by atomic mass is 19.1. The van der Waals surface area contributed by atoms with Gasteiger partial charge in [-0.1, -0.05) is 18.2 Å².